The number of aryl methyl sites for hydroxylation is 3. The molecule has 134 valence electrons. The lowest BCUT2D eigenvalue weighted by atomic mass is 9.90. The van der Waals surface area contributed by atoms with Crippen LogP contribution in [0, 0.1) is 5.92 Å². The molecule has 0 aliphatic heterocycles. The summed E-state index contributed by atoms with van der Waals surface area (Å²) >= 11 is 0. The van der Waals surface area contributed by atoms with Crippen LogP contribution in [-0.4, -0.2) is 6.29 Å². The van der Waals surface area contributed by atoms with E-state index in [1.165, 1.54) is 57.4 Å². The first-order valence-electron chi connectivity index (χ1n) is 9.63. The third-order valence-electron chi connectivity index (χ3n) is 4.22. The number of hydrogen-bond acceptors (Lipinski definition) is 1. The van der Waals surface area contributed by atoms with Gasteiger partial charge in [0, 0.05) is 0 Å². The lowest BCUT2D eigenvalue weighted by Gasteiger charge is -2.15. The van der Waals surface area contributed by atoms with Gasteiger partial charge >= 0.3 is 0 Å². The molecule has 1 aromatic carbocycles. The summed E-state index contributed by atoms with van der Waals surface area (Å²) in [4.78, 5) is 8.81. The quantitative estimate of drug-likeness (QED) is 0.559. The maximum atomic E-state index is 8.81. The van der Waals surface area contributed by atoms with Crippen molar-refractivity contribution in [2.75, 3.05) is 0 Å². The van der Waals surface area contributed by atoms with Crippen molar-refractivity contribution in [2.45, 2.75) is 93.4 Å². The molecule has 0 N–H and O–H groups in total. The van der Waals surface area contributed by atoms with Gasteiger partial charge in [0.05, 0.1) is 0 Å². The van der Waals surface area contributed by atoms with E-state index in [4.69, 9.17) is 4.79 Å². The maximum Gasteiger partial charge on any atom is 0.116 e. The van der Waals surface area contributed by atoms with Crippen molar-refractivity contribution in [1.82, 2.24) is 0 Å². The largest absolute Gasteiger partial charge is 0.304 e. The predicted octanol–water partition coefficient (Wildman–Crippen LogP) is 6.80. The number of aldehydes is 1. The van der Waals surface area contributed by atoms with Crippen molar-refractivity contribution >= 4 is 6.29 Å². The molecule has 0 bridgehead atoms. The van der Waals surface area contributed by atoms with E-state index >= 15 is 0 Å². The first-order valence-corrected chi connectivity index (χ1v) is 9.63. The van der Waals surface area contributed by atoms with Gasteiger partial charge in [-0.15, -0.1) is 0 Å². The van der Waals surface area contributed by atoms with Gasteiger partial charge < -0.3 is 4.79 Å². The molecule has 0 spiro atoms. The van der Waals surface area contributed by atoms with Gasteiger partial charge in [0.25, 0.3) is 0 Å². The Hall–Kier alpha value is -1.11. The molecule has 0 saturated carbocycles. The molecular weight excluding hydrogens is 280 g/mol. The van der Waals surface area contributed by atoms with Crippen molar-refractivity contribution in [2.24, 2.45) is 5.92 Å². The van der Waals surface area contributed by atoms with E-state index in [-0.39, 0.29) is 0 Å². The Morgan fingerprint density at radius 1 is 1.00 bits per heavy atom. The van der Waals surface area contributed by atoms with E-state index in [2.05, 4.69) is 45.9 Å². The zero-order valence-corrected chi connectivity index (χ0v) is 16.7. The number of benzene rings is 1. The molecule has 1 nitrogen and oxygen atoms in total. The number of carbonyl (C=O) groups excluding carboxylic acids is 1. The minimum Gasteiger partial charge on any atom is -0.304 e. The van der Waals surface area contributed by atoms with E-state index in [0.717, 1.165) is 12.2 Å². The number of hydrogen-bond donors (Lipinski definition) is 0. The Morgan fingerprint density at radius 3 is 1.87 bits per heavy atom. The first kappa shape index (κ1) is 24.1. The number of carbonyl (C=O) groups is 1. The molecule has 0 fully saturated rings. The molecule has 0 unspecified atom stereocenters. The zero-order valence-electron chi connectivity index (χ0n) is 16.7. The smallest absolute Gasteiger partial charge is 0.116 e. The van der Waals surface area contributed by atoms with Gasteiger partial charge in [0.15, 0.2) is 0 Å². The lowest BCUT2D eigenvalue weighted by Crippen LogP contribution is -2.02. The fourth-order valence-electron chi connectivity index (χ4n) is 2.30. The van der Waals surface area contributed by atoms with E-state index in [1.54, 1.807) is 11.1 Å². The maximum absolute atomic E-state index is 8.81. The molecule has 1 aliphatic carbocycles. The minimum atomic E-state index is 0.750. The Bertz CT molecular complexity index is 378. The topological polar surface area (TPSA) is 17.1 Å². The summed E-state index contributed by atoms with van der Waals surface area (Å²) in [6.07, 6.45) is 9.97. The van der Waals surface area contributed by atoms with Gasteiger partial charge in [-0.1, -0.05) is 72.6 Å². The molecule has 2 rings (SSSR count). The molecule has 0 amide bonds. The summed E-state index contributed by atoms with van der Waals surface area (Å²) in [6, 6.07) is 7.01. The predicted molar refractivity (Wildman–Crippen MR) is 105 cm³/mol. The summed E-state index contributed by atoms with van der Waals surface area (Å²) in [6.45, 7) is 14.4. The molecule has 1 aliphatic rings. The summed E-state index contributed by atoms with van der Waals surface area (Å²) in [5.41, 5.74) is 4.70. The molecule has 1 aromatic rings. The van der Waals surface area contributed by atoms with E-state index in [0.29, 0.717) is 0 Å². The standard InChI is InChI=1S/C12H16.C6H14.C2H4O.C2H6/c1-2-10-7-8-11-5-3-4-6-12(11)9-10;1-4-6(3)5-2;1-2-3;1-2/h7-9H,2-6H2,1H3;6H,4-5H2,1-3H3;2H,1H3;1-2H3. The third kappa shape index (κ3) is 12.0. The van der Waals surface area contributed by atoms with Crippen LogP contribution in [0.2, 0.25) is 0 Å². The molecule has 23 heavy (non-hydrogen) atoms. The number of rotatable bonds is 3. The van der Waals surface area contributed by atoms with Crippen LogP contribution < -0.4 is 0 Å². The SMILES string of the molecule is CC.CC=O.CCC(C)CC.CCc1ccc2c(c1)CCCC2. The highest BCUT2D eigenvalue weighted by atomic mass is 16.1. The summed E-state index contributed by atoms with van der Waals surface area (Å²) < 4.78 is 0. The zero-order chi connectivity index (χ0) is 18.1. The van der Waals surface area contributed by atoms with Crippen LogP contribution >= 0.6 is 0 Å². The highest BCUT2D eigenvalue weighted by Crippen LogP contribution is 2.22. The van der Waals surface area contributed by atoms with Crippen molar-refractivity contribution in [3.8, 4) is 0 Å². The first-order chi connectivity index (χ1) is 11.1. The van der Waals surface area contributed by atoms with Crippen molar-refractivity contribution in [3.05, 3.63) is 34.9 Å². The Morgan fingerprint density at radius 2 is 1.48 bits per heavy atom. The van der Waals surface area contributed by atoms with Crippen LogP contribution in [0.15, 0.2) is 18.2 Å². The average Bonchev–Trinajstić information content (AvgIpc) is 2.63. The minimum absolute atomic E-state index is 0.750. The Labute approximate surface area is 145 Å². The van der Waals surface area contributed by atoms with Crippen LogP contribution in [0.3, 0.4) is 0 Å². The van der Waals surface area contributed by atoms with Crippen LogP contribution in [0.25, 0.3) is 0 Å². The monoisotopic (exact) mass is 320 g/mol. The second-order valence-electron chi connectivity index (χ2n) is 5.82. The van der Waals surface area contributed by atoms with Crippen molar-refractivity contribution in [1.29, 1.82) is 0 Å². The molecule has 0 atom stereocenters. The fourth-order valence-corrected chi connectivity index (χ4v) is 2.30. The fraction of sp³-hybridized carbons (Fsp3) is 0.682. The second-order valence-corrected chi connectivity index (χ2v) is 5.82. The van der Waals surface area contributed by atoms with E-state index in [9.17, 15) is 0 Å². The van der Waals surface area contributed by atoms with Gasteiger partial charge in [-0.25, -0.2) is 0 Å². The van der Waals surface area contributed by atoms with Gasteiger partial charge in [-0.2, -0.15) is 0 Å². The molecule has 0 heterocycles. The van der Waals surface area contributed by atoms with E-state index in [1.807, 2.05) is 13.8 Å². The lowest BCUT2D eigenvalue weighted by molar-refractivity contribution is -0.106. The summed E-state index contributed by atoms with van der Waals surface area (Å²) in [7, 11) is 0. The van der Waals surface area contributed by atoms with Crippen molar-refractivity contribution < 1.29 is 4.79 Å². The number of fused-ring (bicyclic) bond motifs is 1. The van der Waals surface area contributed by atoms with Gasteiger partial charge in [-0.3, -0.25) is 0 Å². The molecule has 0 aromatic heterocycles. The second kappa shape index (κ2) is 17.2. The third-order valence-corrected chi connectivity index (χ3v) is 4.22. The van der Waals surface area contributed by atoms with Crippen molar-refractivity contribution in [3.63, 3.8) is 0 Å². The average molecular weight is 321 g/mol. The van der Waals surface area contributed by atoms with Crippen LogP contribution in [-0.2, 0) is 24.1 Å². The van der Waals surface area contributed by atoms with Gasteiger partial charge in [0.1, 0.15) is 6.29 Å². The Balaban J connectivity index is 0. The summed E-state index contributed by atoms with van der Waals surface area (Å²) in [5.74, 6) is 0.935. The summed E-state index contributed by atoms with van der Waals surface area (Å²) in [5, 5.41) is 0. The van der Waals surface area contributed by atoms with E-state index < -0.39 is 0 Å². The highest BCUT2D eigenvalue weighted by molar-refractivity contribution is 5.44. The van der Waals surface area contributed by atoms with Crippen LogP contribution in [0.4, 0.5) is 0 Å². The molecule has 0 saturated heterocycles. The van der Waals surface area contributed by atoms with Crippen LogP contribution in [0.1, 0.15) is 90.8 Å². The van der Waals surface area contributed by atoms with Gasteiger partial charge in [-0.05, 0) is 61.6 Å². The molecular formula is C22H40O. The molecule has 1 heteroatoms. The molecule has 0 radical (unpaired) electrons. The Kier molecular flexibility index (Phi) is 18.1. The van der Waals surface area contributed by atoms with Crippen LogP contribution in [0.5, 0.6) is 0 Å². The normalized spacial score (nSPS) is 11.7. The van der Waals surface area contributed by atoms with Gasteiger partial charge in [0.2, 0.25) is 0 Å². The highest BCUT2D eigenvalue weighted by Gasteiger charge is 2.08.